The maximum absolute atomic E-state index is 12.3. The molecule has 5 heteroatoms. The second-order valence-electron chi connectivity index (χ2n) is 5.39. The Morgan fingerprint density at radius 3 is 2.20 bits per heavy atom. The number of carbonyl (C=O) groups is 2. The second kappa shape index (κ2) is 6.59. The highest BCUT2D eigenvalue weighted by Gasteiger charge is 2.26. The third kappa shape index (κ3) is 3.62. The van der Waals surface area contributed by atoms with Gasteiger partial charge in [-0.25, -0.2) is 4.79 Å². The first kappa shape index (κ1) is 16.3. The van der Waals surface area contributed by atoms with Crippen LogP contribution in [0.15, 0.2) is 4.42 Å². The summed E-state index contributed by atoms with van der Waals surface area (Å²) < 4.78 is 10.2. The molecule has 1 N–H and O–H groups in total. The van der Waals surface area contributed by atoms with Crippen molar-refractivity contribution in [1.82, 2.24) is 5.32 Å². The maximum Gasteiger partial charge on any atom is 0.328 e. The molecule has 0 fully saturated rings. The Morgan fingerprint density at radius 2 is 1.80 bits per heavy atom. The molecule has 1 rings (SSSR count). The summed E-state index contributed by atoms with van der Waals surface area (Å²) in [6.45, 7) is 9.35. The Morgan fingerprint density at radius 1 is 1.20 bits per heavy atom. The van der Waals surface area contributed by atoms with E-state index in [1.54, 1.807) is 6.92 Å². The van der Waals surface area contributed by atoms with E-state index < -0.39 is 12.0 Å². The number of nitrogens with one attached hydrogen (secondary N) is 1. The van der Waals surface area contributed by atoms with Crippen LogP contribution in [0.5, 0.6) is 0 Å². The Balaban J connectivity index is 2.93. The Labute approximate surface area is 119 Å². The number of hydrogen-bond acceptors (Lipinski definition) is 4. The second-order valence-corrected chi connectivity index (χ2v) is 5.39. The molecule has 0 aliphatic rings. The summed E-state index contributed by atoms with van der Waals surface area (Å²) in [5, 5.41) is 2.74. The minimum absolute atomic E-state index is 0.271. The number of rotatable bonds is 5. The average molecular weight is 281 g/mol. The molecule has 1 heterocycles. The predicted octanol–water partition coefficient (Wildman–Crippen LogP) is 2.52. The largest absolute Gasteiger partial charge is 0.467 e. The third-order valence-corrected chi connectivity index (χ3v) is 3.29. The standard InChI is InChI=1S/C15H23NO4/c1-8(2)7-12(15(18)19-6)16-14(17)13-9(3)10(4)20-11(13)5/h8,12H,7H2,1-6H3,(H,16,17). The molecule has 0 saturated heterocycles. The molecule has 1 amide bonds. The topological polar surface area (TPSA) is 68.5 Å². The van der Waals surface area contributed by atoms with Crippen molar-refractivity contribution in [2.75, 3.05) is 7.11 Å². The Hall–Kier alpha value is -1.78. The minimum atomic E-state index is -0.637. The zero-order valence-electron chi connectivity index (χ0n) is 13.0. The molecule has 1 aromatic rings. The van der Waals surface area contributed by atoms with Gasteiger partial charge < -0.3 is 14.5 Å². The summed E-state index contributed by atoms with van der Waals surface area (Å²) in [5.41, 5.74) is 1.30. The predicted molar refractivity (Wildman–Crippen MR) is 75.6 cm³/mol. The number of aryl methyl sites for hydroxylation is 2. The van der Waals surface area contributed by atoms with Crippen LogP contribution in [0.4, 0.5) is 0 Å². The van der Waals surface area contributed by atoms with Gasteiger partial charge in [-0.2, -0.15) is 0 Å². The lowest BCUT2D eigenvalue weighted by Gasteiger charge is -2.18. The minimum Gasteiger partial charge on any atom is -0.467 e. The number of esters is 1. The Kier molecular flexibility index (Phi) is 5.36. The van der Waals surface area contributed by atoms with Gasteiger partial charge in [0.05, 0.1) is 12.7 Å². The highest BCUT2D eigenvalue weighted by Crippen LogP contribution is 2.21. The fourth-order valence-electron chi connectivity index (χ4n) is 2.19. The summed E-state index contributed by atoms with van der Waals surface area (Å²) in [5.74, 6) is 0.819. The first-order chi connectivity index (χ1) is 9.27. The lowest BCUT2D eigenvalue weighted by molar-refractivity contribution is -0.143. The van der Waals surface area contributed by atoms with Crippen molar-refractivity contribution >= 4 is 11.9 Å². The van der Waals surface area contributed by atoms with Gasteiger partial charge in [-0.15, -0.1) is 0 Å². The van der Waals surface area contributed by atoms with Gasteiger partial charge in [-0.3, -0.25) is 4.79 Å². The van der Waals surface area contributed by atoms with E-state index in [1.807, 2.05) is 27.7 Å². The van der Waals surface area contributed by atoms with Crippen LogP contribution in [0.25, 0.3) is 0 Å². The van der Waals surface area contributed by atoms with Gasteiger partial charge in [0, 0.05) is 5.56 Å². The quantitative estimate of drug-likeness (QED) is 0.842. The number of furan rings is 1. The molecule has 1 unspecified atom stereocenters. The van der Waals surface area contributed by atoms with Crippen molar-refractivity contribution in [1.29, 1.82) is 0 Å². The smallest absolute Gasteiger partial charge is 0.328 e. The van der Waals surface area contributed by atoms with Crippen molar-refractivity contribution < 1.29 is 18.7 Å². The normalized spacial score (nSPS) is 12.3. The average Bonchev–Trinajstić information content (AvgIpc) is 2.60. The fourth-order valence-corrected chi connectivity index (χ4v) is 2.19. The van der Waals surface area contributed by atoms with E-state index >= 15 is 0 Å². The van der Waals surface area contributed by atoms with Gasteiger partial charge in [-0.1, -0.05) is 13.8 Å². The molecule has 112 valence electrons. The van der Waals surface area contributed by atoms with Crippen molar-refractivity contribution in [3.8, 4) is 0 Å². The number of ether oxygens (including phenoxy) is 1. The molecular weight excluding hydrogens is 258 g/mol. The van der Waals surface area contributed by atoms with Gasteiger partial charge in [0.1, 0.15) is 17.6 Å². The van der Waals surface area contributed by atoms with E-state index in [4.69, 9.17) is 9.15 Å². The summed E-state index contributed by atoms with van der Waals surface area (Å²) in [6, 6.07) is -0.637. The first-order valence-corrected chi connectivity index (χ1v) is 6.73. The summed E-state index contributed by atoms with van der Waals surface area (Å²) >= 11 is 0. The molecule has 0 aromatic carbocycles. The van der Waals surface area contributed by atoms with Crippen LogP contribution in [0.1, 0.15) is 47.7 Å². The lowest BCUT2D eigenvalue weighted by atomic mass is 10.0. The molecule has 0 bridgehead atoms. The zero-order valence-corrected chi connectivity index (χ0v) is 13.0. The molecule has 0 saturated carbocycles. The van der Waals surface area contributed by atoms with Crippen LogP contribution < -0.4 is 5.32 Å². The van der Waals surface area contributed by atoms with Gasteiger partial charge >= 0.3 is 5.97 Å². The monoisotopic (exact) mass is 281 g/mol. The highest BCUT2D eigenvalue weighted by atomic mass is 16.5. The molecule has 1 atom stereocenters. The van der Waals surface area contributed by atoms with E-state index in [2.05, 4.69) is 5.32 Å². The number of methoxy groups -OCH3 is 1. The van der Waals surface area contributed by atoms with Crippen molar-refractivity contribution in [2.45, 2.75) is 47.1 Å². The van der Waals surface area contributed by atoms with Gasteiger partial charge in [0.25, 0.3) is 5.91 Å². The molecule has 0 aliphatic carbocycles. The molecule has 0 spiro atoms. The van der Waals surface area contributed by atoms with Crippen LogP contribution in [-0.4, -0.2) is 25.0 Å². The number of hydrogen-bond donors (Lipinski definition) is 1. The van der Waals surface area contributed by atoms with Gasteiger partial charge in [-0.05, 0) is 33.1 Å². The fraction of sp³-hybridized carbons (Fsp3) is 0.600. The van der Waals surface area contributed by atoms with E-state index in [1.165, 1.54) is 7.11 Å². The molecular formula is C15H23NO4. The summed E-state index contributed by atoms with van der Waals surface area (Å²) in [4.78, 5) is 24.1. The van der Waals surface area contributed by atoms with E-state index in [-0.39, 0.29) is 11.8 Å². The van der Waals surface area contributed by atoms with E-state index in [0.717, 1.165) is 5.56 Å². The van der Waals surface area contributed by atoms with Gasteiger partial charge in [0.2, 0.25) is 0 Å². The first-order valence-electron chi connectivity index (χ1n) is 6.73. The summed E-state index contributed by atoms with van der Waals surface area (Å²) in [6.07, 6.45) is 0.535. The third-order valence-electron chi connectivity index (χ3n) is 3.29. The maximum atomic E-state index is 12.3. The Bertz CT molecular complexity index is 502. The van der Waals surface area contributed by atoms with Crippen LogP contribution in [0.3, 0.4) is 0 Å². The lowest BCUT2D eigenvalue weighted by Crippen LogP contribution is -2.42. The van der Waals surface area contributed by atoms with Gasteiger partial charge in [0.15, 0.2) is 0 Å². The highest BCUT2D eigenvalue weighted by molar-refractivity contribution is 5.99. The van der Waals surface area contributed by atoms with E-state index in [9.17, 15) is 9.59 Å². The molecule has 1 aromatic heterocycles. The molecule has 0 aliphatic heterocycles. The van der Waals surface area contributed by atoms with Crippen LogP contribution in [-0.2, 0) is 9.53 Å². The molecule has 0 radical (unpaired) electrons. The van der Waals surface area contributed by atoms with Crippen molar-refractivity contribution in [2.24, 2.45) is 5.92 Å². The summed E-state index contributed by atoms with van der Waals surface area (Å²) in [7, 11) is 1.32. The van der Waals surface area contributed by atoms with Crippen LogP contribution >= 0.6 is 0 Å². The molecule has 5 nitrogen and oxygen atoms in total. The number of carbonyl (C=O) groups excluding carboxylic acids is 2. The van der Waals surface area contributed by atoms with Crippen LogP contribution in [0.2, 0.25) is 0 Å². The van der Waals surface area contributed by atoms with Crippen molar-refractivity contribution in [3.05, 3.63) is 22.6 Å². The van der Waals surface area contributed by atoms with Crippen molar-refractivity contribution in [3.63, 3.8) is 0 Å². The zero-order chi connectivity index (χ0) is 15.4. The SMILES string of the molecule is COC(=O)C(CC(C)C)NC(=O)c1c(C)oc(C)c1C. The number of amides is 1. The van der Waals surface area contributed by atoms with E-state index in [0.29, 0.717) is 23.5 Å². The molecule has 20 heavy (non-hydrogen) atoms. The van der Waals surface area contributed by atoms with Crippen LogP contribution in [0, 0.1) is 26.7 Å².